The molecule has 1 saturated heterocycles. The Morgan fingerprint density at radius 2 is 1.80 bits per heavy atom. The van der Waals surface area contributed by atoms with Crippen LogP contribution in [-0.4, -0.2) is 52.8 Å². The van der Waals surface area contributed by atoms with Gasteiger partial charge in [-0.1, -0.05) is 62.1 Å². The van der Waals surface area contributed by atoms with Crippen LogP contribution in [0.5, 0.6) is 5.88 Å². The zero-order valence-corrected chi connectivity index (χ0v) is 28.8. The second-order valence-electron chi connectivity index (χ2n) is 14.9. The van der Waals surface area contributed by atoms with Gasteiger partial charge in [-0.25, -0.2) is 19.4 Å². The van der Waals surface area contributed by atoms with Crippen LogP contribution < -0.4 is 19.7 Å². The van der Waals surface area contributed by atoms with Crippen molar-refractivity contribution in [3.63, 3.8) is 0 Å². The van der Waals surface area contributed by atoms with Crippen LogP contribution in [-0.2, 0) is 10.0 Å². The number of hydrogen-bond acceptors (Lipinski definition) is 9. The van der Waals surface area contributed by atoms with Gasteiger partial charge in [0, 0.05) is 24.3 Å². The molecule has 1 amide bonds. The zero-order chi connectivity index (χ0) is 33.8. The van der Waals surface area contributed by atoms with Crippen LogP contribution in [0.25, 0.3) is 5.82 Å². The third-order valence-electron chi connectivity index (χ3n) is 11.0. The second-order valence-corrected chi connectivity index (χ2v) is 16.5. The summed E-state index contributed by atoms with van der Waals surface area (Å²) in [5, 5.41) is 7.93. The van der Waals surface area contributed by atoms with E-state index in [4.69, 9.17) is 9.72 Å². The Kier molecular flexibility index (Phi) is 7.89. The summed E-state index contributed by atoms with van der Waals surface area (Å²) in [4.78, 5) is 25.6. The molecule has 49 heavy (non-hydrogen) atoms. The van der Waals surface area contributed by atoms with Gasteiger partial charge in [-0.15, -0.1) is 5.10 Å². The molecule has 3 atom stereocenters. The first kappa shape index (κ1) is 31.8. The first-order valence-electron chi connectivity index (χ1n) is 17.4. The lowest BCUT2D eigenvalue weighted by atomic mass is 9.90. The van der Waals surface area contributed by atoms with Gasteiger partial charge in [0.15, 0.2) is 10.8 Å². The van der Waals surface area contributed by atoms with Crippen molar-refractivity contribution < 1.29 is 17.9 Å². The normalized spacial score (nSPS) is 25.7. The topological polar surface area (TPSA) is 131 Å². The molecule has 11 nitrogen and oxygen atoms in total. The quantitative estimate of drug-likeness (QED) is 0.241. The molecule has 8 rings (SSSR count). The SMILES string of the molecule is CC1(C)CC23CC2CC(c2ccccc2)Nc2cccc(n2)S(=O)(=O)NC(=O)c2ccc(-n4ccc(OCCC5CCCC5)n4)nc2N1C3. The maximum atomic E-state index is 13.9. The van der Waals surface area contributed by atoms with Gasteiger partial charge in [-0.2, -0.15) is 8.42 Å². The number of carbonyl (C=O) groups is 1. The zero-order valence-electron chi connectivity index (χ0n) is 28.0. The molecule has 2 aliphatic carbocycles. The molecule has 12 heteroatoms. The summed E-state index contributed by atoms with van der Waals surface area (Å²) >= 11 is 0. The summed E-state index contributed by atoms with van der Waals surface area (Å²) < 4.78 is 37.1. The van der Waals surface area contributed by atoms with Gasteiger partial charge in [0.2, 0.25) is 5.88 Å². The van der Waals surface area contributed by atoms with Crippen LogP contribution in [0, 0.1) is 17.3 Å². The van der Waals surface area contributed by atoms with Gasteiger partial charge < -0.3 is 15.0 Å². The Balaban J connectivity index is 1.15. The van der Waals surface area contributed by atoms with Gasteiger partial charge in [-0.05, 0) is 86.6 Å². The molecule has 3 aromatic heterocycles. The van der Waals surface area contributed by atoms with Crippen molar-refractivity contribution in [3.8, 4) is 11.7 Å². The number of sulfonamides is 1. The third-order valence-corrected chi connectivity index (χ3v) is 12.3. The van der Waals surface area contributed by atoms with Gasteiger partial charge >= 0.3 is 0 Å². The minimum Gasteiger partial charge on any atom is -0.477 e. The summed E-state index contributed by atoms with van der Waals surface area (Å²) in [6.07, 6.45) is 10.8. The summed E-state index contributed by atoms with van der Waals surface area (Å²) in [6, 6.07) is 20.1. The number of rotatable bonds is 6. The van der Waals surface area contributed by atoms with Gasteiger partial charge in [0.25, 0.3) is 15.9 Å². The van der Waals surface area contributed by atoms with Crippen LogP contribution in [0.2, 0.25) is 0 Å². The number of benzene rings is 1. The Morgan fingerprint density at radius 3 is 2.61 bits per heavy atom. The third kappa shape index (κ3) is 6.26. The van der Waals surface area contributed by atoms with E-state index in [-0.39, 0.29) is 27.6 Å². The van der Waals surface area contributed by atoms with E-state index in [0.29, 0.717) is 42.4 Å². The van der Waals surface area contributed by atoms with Crippen molar-refractivity contribution >= 4 is 27.6 Å². The van der Waals surface area contributed by atoms with Crippen LogP contribution in [0.15, 0.2) is 78.0 Å². The lowest BCUT2D eigenvalue weighted by Crippen LogP contribution is -2.41. The van der Waals surface area contributed by atoms with E-state index in [1.165, 1.54) is 31.7 Å². The molecule has 1 spiro atoms. The van der Waals surface area contributed by atoms with Crippen molar-refractivity contribution in [1.29, 1.82) is 0 Å². The van der Waals surface area contributed by atoms with Crippen LogP contribution >= 0.6 is 0 Å². The summed E-state index contributed by atoms with van der Waals surface area (Å²) in [6.45, 7) is 5.69. The number of hydrogen-bond donors (Lipinski definition) is 2. The highest BCUT2D eigenvalue weighted by atomic mass is 32.2. The highest BCUT2D eigenvalue weighted by Gasteiger charge is 2.63. The molecule has 0 radical (unpaired) electrons. The summed E-state index contributed by atoms with van der Waals surface area (Å²) in [7, 11) is -4.30. The molecule has 4 aliphatic rings. The van der Waals surface area contributed by atoms with Crippen molar-refractivity contribution in [3.05, 3.63) is 84.1 Å². The molecule has 256 valence electrons. The number of nitrogens with one attached hydrogen (secondary N) is 2. The van der Waals surface area contributed by atoms with Crippen LogP contribution in [0.3, 0.4) is 0 Å². The highest BCUT2D eigenvalue weighted by Crippen LogP contribution is 2.65. The Hall–Kier alpha value is -4.45. The number of pyridine rings is 2. The van der Waals surface area contributed by atoms with Crippen LogP contribution in [0.1, 0.15) is 87.2 Å². The fraction of sp³-hybridized carbons (Fsp3) is 0.459. The van der Waals surface area contributed by atoms with E-state index >= 15 is 0 Å². The Morgan fingerprint density at radius 1 is 0.980 bits per heavy atom. The minimum atomic E-state index is -4.30. The Labute approximate surface area is 287 Å². The van der Waals surface area contributed by atoms with Crippen molar-refractivity contribution in [2.45, 2.75) is 81.8 Å². The lowest BCUT2D eigenvalue weighted by Gasteiger charge is -2.33. The first-order chi connectivity index (χ1) is 23.6. The average Bonchev–Trinajstić information content (AvgIpc) is 3.50. The molecule has 2 aliphatic heterocycles. The molecular weight excluding hydrogens is 639 g/mol. The highest BCUT2D eigenvalue weighted by molar-refractivity contribution is 7.90. The number of carbonyl (C=O) groups excluding carboxylic acids is 1. The van der Waals surface area contributed by atoms with E-state index in [1.54, 1.807) is 35.1 Å². The lowest BCUT2D eigenvalue weighted by molar-refractivity contribution is 0.0981. The van der Waals surface area contributed by atoms with E-state index in [1.807, 2.05) is 24.3 Å². The maximum Gasteiger partial charge on any atom is 0.281 e. The van der Waals surface area contributed by atoms with E-state index in [0.717, 1.165) is 37.2 Å². The predicted octanol–water partition coefficient (Wildman–Crippen LogP) is 6.29. The Bertz CT molecular complexity index is 1980. The number of amides is 1. The largest absolute Gasteiger partial charge is 0.477 e. The molecule has 3 fully saturated rings. The monoisotopic (exact) mass is 681 g/mol. The van der Waals surface area contributed by atoms with Gasteiger partial charge in [0.05, 0.1) is 18.2 Å². The molecule has 2 N–H and O–H groups in total. The van der Waals surface area contributed by atoms with Gasteiger partial charge in [0.1, 0.15) is 11.6 Å². The van der Waals surface area contributed by atoms with Gasteiger partial charge in [-0.3, -0.25) is 4.79 Å². The number of ether oxygens (including phenoxy) is 1. The predicted molar refractivity (Wildman–Crippen MR) is 186 cm³/mol. The first-order valence-corrected chi connectivity index (χ1v) is 18.9. The van der Waals surface area contributed by atoms with E-state index in [9.17, 15) is 13.2 Å². The number of nitrogens with zero attached hydrogens (tertiary/aromatic N) is 5. The molecule has 1 aromatic carbocycles. The van der Waals surface area contributed by atoms with Crippen molar-refractivity contribution in [2.75, 3.05) is 23.4 Å². The molecule has 3 unspecified atom stereocenters. The fourth-order valence-electron chi connectivity index (χ4n) is 8.47. The fourth-order valence-corrected chi connectivity index (χ4v) is 9.40. The number of fused-ring (bicyclic) bond motifs is 5. The maximum absolute atomic E-state index is 13.9. The van der Waals surface area contributed by atoms with E-state index in [2.05, 4.69) is 51.0 Å². The summed E-state index contributed by atoms with van der Waals surface area (Å²) in [5.41, 5.74) is 0.994. The molecular formula is C37H43N7O4S. The molecule has 4 aromatic rings. The molecule has 4 bridgehead atoms. The minimum absolute atomic E-state index is 0.0389. The van der Waals surface area contributed by atoms with E-state index < -0.39 is 15.9 Å². The van der Waals surface area contributed by atoms with Crippen molar-refractivity contribution in [2.24, 2.45) is 17.3 Å². The smallest absolute Gasteiger partial charge is 0.281 e. The second kappa shape index (κ2) is 12.2. The summed E-state index contributed by atoms with van der Waals surface area (Å²) in [5.74, 6) is 2.31. The van der Waals surface area contributed by atoms with Crippen LogP contribution in [0.4, 0.5) is 11.6 Å². The van der Waals surface area contributed by atoms with Crippen molar-refractivity contribution in [1.82, 2.24) is 24.5 Å². The standard InChI is InChI=1S/C37H43N7O4S/c1-36(2)23-37-22-27(37)21-29(26-11-4-3-5-12-26)38-30-13-8-14-33(39-30)49(46,47)42-35(45)28-15-16-31(40-34(28)43(36)24-37)44-19-17-32(41-44)48-20-18-25-9-6-7-10-25/h3-5,8,11-17,19,25,27,29H,6-7,9-10,18,20-24H2,1-2H3,(H,38,39)(H,42,45). The molecule has 5 heterocycles. The number of aromatic nitrogens is 4. The number of anilines is 2. The molecule has 2 saturated carbocycles. The average molecular weight is 682 g/mol.